The summed E-state index contributed by atoms with van der Waals surface area (Å²) in [6, 6.07) is 12.2. The van der Waals surface area contributed by atoms with Crippen molar-refractivity contribution in [2.24, 2.45) is 0 Å². The molecular weight excluding hydrogens is 364 g/mol. The first-order valence-corrected chi connectivity index (χ1v) is 10.6. The van der Waals surface area contributed by atoms with E-state index in [4.69, 9.17) is 4.74 Å². The molecule has 3 rings (SSSR count). The summed E-state index contributed by atoms with van der Waals surface area (Å²) < 4.78 is 31.6. The van der Waals surface area contributed by atoms with Gasteiger partial charge in [0, 0.05) is 12.0 Å². The summed E-state index contributed by atoms with van der Waals surface area (Å²) in [7, 11) is -3.49. The van der Waals surface area contributed by atoms with Crippen LogP contribution in [0.15, 0.2) is 42.5 Å². The lowest BCUT2D eigenvalue weighted by molar-refractivity contribution is 0.0619. The highest BCUT2D eigenvalue weighted by molar-refractivity contribution is 7.92. The van der Waals surface area contributed by atoms with Crippen LogP contribution in [-0.2, 0) is 10.0 Å². The van der Waals surface area contributed by atoms with Crippen LogP contribution < -0.4 is 14.8 Å². The molecule has 0 spiro atoms. The van der Waals surface area contributed by atoms with Gasteiger partial charge in [-0.1, -0.05) is 29.8 Å². The molecular formula is C20H24N2O4S. The molecule has 1 amide bonds. The van der Waals surface area contributed by atoms with E-state index < -0.39 is 15.6 Å². The minimum Gasteiger partial charge on any atom is -0.487 e. The first-order valence-electron chi connectivity index (χ1n) is 8.71. The summed E-state index contributed by atoms with van der Waals surface area (Å²) in [5.74, 6) is 0.418. The predicted octanol–water partition coefficient (Wildman–Crippen LogP) is 3.40. The van der Waals surface area contributed by atoms with Crippen molar-refractivity contribution in [1.82, 2.24) is 5.32 Å². The van der Waals surface area contributed by atoms with Crippen LogP contribution in [0, 0.1) is 6.92 Å². The van der Waals surface area contributed by atoms with E-state index in [1.807, 2.05) is 39.0 Å². The molecule has 1 heterocycles. The second-order valence-electron chi connectivity index (χ2n) is 7.55. The van der Waals surface area contributed by atoms with Crippen LogP contribution in [0.4, 0.5) is 5.69 Å². The topological polar surface area (TPSA) is 84.5 Å². The molecule has 0 fully saturated rings. The summed E-state index contributed by atoms with van der Waals surface area (Å²) in [5.41, 5.74) is 2.12. The van der Waals surface area contributed by atoms with E-state index >= 15 is 0 Å². The number of rotatable bonds is 4. The Balaban J connectivity index is 1.92. The predicted molar refractivity (Wildman–Crippen MR) is 106 cm³/mol. The zero-order valence-corrected chi connectivity index (χ0v) is 16.7. The van der Waals surface area contributed by atoms with Crippen LogP contribution >= 0.6 is 0 Å². The fourth-order valence-corrected chi connectivity index (χ4v) is 3.89. The lowest BCUT2D eigenvalue weighted by Crippen LogP contribution is -2.41. The maximum Gasteiger partial charge on any atom is 0.253 e. The highest BCUT2D eigenvalue weighted by Crippen LogP contribution is 2.40. The van der Waals surface area contributed by atoms with Gasteiger partial charge in [-0.3, -0.25) is 9.52 Å². The zero-order chi connectivity index (χ0) is 19.8. The van der Waals surface area contributed by atoms with Gasteiger partial charge in [-0.25, -0.2) is 8.42 Å². The largest absolute Gasteiger partial charge is 0.487 e. The Morgan fingerprint density at radius 1 is 1.19 bits per heavy atom. The molecule has 0 saturated heterocycles. The Labute approximate surface area is 160 Å². The van der Waals surface area contributed by atoms with Gasteiger partial charge in [0.2, 0.25) is 10.0 Å². The normalized spacial score (nSPS) is 18.1. The molecule has 7 heteroatoms. The van der Waals surface area contributed by atoms with Crippen LogP contribution in [0.3, 0.4) is 0 Å². The number of sulfonamides is 1. The molecule has 2 aromatic rings. The standard InChI is InChI=1S/C20H24N2O4S/c1-13-9-10-18-15(11-13)17(12-20(2,3)26-18)21-19(23)14-7-5-6-8-16(14)22-27(4,24)25/h5-11,17,22H,12H2,1-4H3,(H,21,23)/t17-/m1/s1. The van der Waals surface area contributed by atoms with Crippen molar-refractivity contribution in [1.29, 1.82) is 0 Å². The average molecular weight is 388 g/mol. The Morgan fingerprint density at radius 2 is 1.89 bits per heavy atom. The number of ether oxygens (including phenoxy) is 1. The van der Waals surface area contributed by atoms with E-state index in [0.717, 1.165) is 23.1 Å². The molecule has 27 heavy (non-hydrogen) atoms. The molecule has 0 aliphatic carbocycles. The number of amides is 1. The summed E-state index contributed by atoms with van der Waals surface area (Å²) in [5, 5.41) is 3.05. The van der Waals surface area contributed by atoms with Gasteiger partial charge in [0.05, 0.1) is 23.5 Å². The summed E-state index contributed by atoms with van der Waals surface area (Å²) >= 11 is 0. The smallest absolute Gasteiger partial charge is 0.253 e. The van der Waals surface area contributed by atoms with Gasteiger partial charge in [-0.15, -0.1) is 0 Å². The number of benzene rings is 2. The number of carbonyl (C=O) groups excluding carboxylic acids is 1. The van der Waals surface area contributed by atoms with E-state index in [1.54, 1.807) is 24.3 Å². The summed E-state index contributed by atoms with van der Waals surface area (Å²) in [6.07, 6.45) is 1.67. The highest BCUT2D eigenvalue weighted by Gasteiger charge is 2.35. The van der Waals surface area contributed by atoms with Crippen LogP contribution in [0.2, 0.25) is 0 Å². The summed E-state index contributed by atoms with van der Waals surface area (Å²) in [4.78, 5) is 12.9. The fourth-order valence-electron chi connectivity index (χ4n) is 3.31. The number of carbonyl (C=O) groups is 1. The van der Waals surface area contributed by atoms with Gasteiger partial charge >= 0.3 is 0 Å². The number of aryl methyl sites for hydroxylation is 1. The SMILES string of the molecule is Cc1ccc2c(c1)[C@H](NC(=O)c1ccccc1NS(C)(=O)=O)CC(C)(C)O2. The van der Waals surface area contributed by atoms with E-state index in [1.165, 1.54) is 0 Å². The summed E-state index contributed by atoms with van der Waals surface area (Å²) in [6.45, 7) is 5.95. The van der Waals surface area contributed by atoms with Gasteiger partial charge in [0.15, 0.2) is 0 Å². The van der Waals surface area contributed by atoms with Crippen molar-refractivity contribution in [3.8, 4) is 5.75 Å². The molecule has 2 N–H and O–H groups in total. The zero-order valence-electron chi connectivity index (χ0n) is 15.9. The molecule has 0 bridgehead atoms. The first-order chi connectivity index (χ1) is 12.5. The van der Waals surface area contributed by atoms with E-state index in [9.17, 15) is 13.2 Å². The lowest BCUT2D eigenvalue weighted by atomic mass is 9.88. The van der Waals surface area contributed by atoms with Gasteiger partial charge in [-0.05, 0) is 39.0 Å². The molecule has 1 atom stereocenters. The Morgan fingerprint density at radius 3 is 2.59 bits per heavy atom. The number of fused-ring (bicyclic) bond motifs is 1. The van der Waals surface area contributed by atoms with Crippen LogP contribution in [-0.4, -0.2) is 26.2 Å². The van der Waals surface area contributed by atoms with Crippen LogP contribution in [0.1, 0.15) is 47.8 Å². The van der Waals surface area contributed by atoms with Gasteiger partial charge < -0.3 is 10.1 Å². The third-order valence-corrected chi connectivity index (χ3v) is 4.99. The Kier molecular flexibility index (Phi) is 4.90. The van der Waals surface area contributed by atoms with Crippen molar-refractivity contribution >= 4 is 21.6 Å². The third kappa shape index (κ3) is 4.60. The minimum absolute atomic E-state index is 0.234. The Hall–Kier alpha value is -2.54. The van der Waals surface area contributed by atoms with E-state index in [2.05, 4.69) is 10.0 Å². The van der Waals surface area contributed by atoms with Crippen molar-refractivity contribution in [3.63, 3.8) is 0 Å². The van der Waals surface area contributed by atoms with E-state index in [-0.39, 0.29) is 23.2 Å². The number of para-hydroxylation sites is 1. The van der Waals surface area contributed by atoms with Gasteiger partial charge in [0.25, 0.3) is 5.91 Å². The molecule has 1 aliphatic rings. The van der Waals surface area contributed by atoms with Crippen LogP contribution in [0.5, 0.6) is 5.75 Å². The maximum atomic E-state index is 12.9. The Bertz CT molecular complexity index is 983. The van der Waals surface area contributed by atoms with E-state index in [0.29, 0.717) is 6.42 Å². The molecule has 1 aliphatic heterocycles. The van der Waals surface area contributed by atoms with Crippen molar-refractivity contribution in [3.05, 3.63) is 59.2 Å². The maximum absolute atomic E-state index is 12.9. The lowest BCUT2D eigenvalue weighted by Gasteiger charge is -2.38. The molecule has 144 valence electrons. The second kappa shape index (κ2) is 6.88. The third-order valence-electron chi connectivity index (χ3n) is 4.40. The fraction of sp³-hybridized carbons (Fsp3) is 0.350. The van der Waals surface area contributed by atoms with Gasteiger partial charge in [0.1, 0.15) is 11.4 Å². The van der Waals surface area contributed by atoms with Crippen molar-refractivity contribution < 1.29 is 17.9 Å². The number of hydrogen-bond acceptors (Lipinski definition) is 4. The minimum atomic E-state index is -3.49. The molecule has 2 aromatic carbocycles. The van der Waals surface area contributed by atoms with Gasteiger partial charge in [-0.2, -0.15) is 0 Å². The van der Waals surface area contributed by atoms with Crippen molar-refractivity contribution in [2.45, 2.75) is 38.8 Å². The quantitative estimate of drug-likeness (QED) is 0.841. The monoisotopic (exact) mass is 388 g/mol. The number of anilines is 1. The molecule has 0 saturated carbocycles. The molecule has 0 unspecified atom stereocenters. The van der Waals surface area contributed by atoms with Crippen LogP contribution in [0.25, 0.3) is 0 Å². The molecule has 6 nitrogen and oxygen atoms in total. The van der Waals surface area contributed by atoms with Crippen molar-refractivity contribution in [2.75, 3.05) is 11.0 Å². The molecule has 0 radical (unpaired) electrons. The highest BCUT2D eigenvalue weighted by atomic mass is 32.2. The average Bonchev–Trinajstić information content (AvgIpc) is 2.54. The number of nitrogens with one attached hydrogen (secondary N) is 2. The second-order valence-corrected chi connectivity index (χ2v) is 9.30. The number of hydrogen-bond donors (Lipinski definition) is 2. The first kappa shape index (κ1) is 19.2. The molecule has 0 aromatic heterocycles.